The van der Waals surface area contributed by atoms with Gasteiger partial charge in [-0.05, 0) is 55.2 Å². The largest absolute Gasteiger partial charge is 0.481 e. The Kier molecular flexibility index (Phi) is 9.29. The van der Waals surface area contributed by atoms with E-state index < -0.39 is 5.97 Å². The molecular formula is C25H39N5O4. The van der Waals surface area contributed by atoms with Crippen LogP contribution in [0.5, 0.6) is 0 Å². The van der Waals surface area contributed by atoms with Crippen LogP contribution in [-0.2, 0) is 20.9 Å². The summed E-state index contributed by atoms with van der Waals surface area (Å²) in [6.45, 7) is 7.67. The number of carboxylic acids is 1. The second kappa shape index (κ2) is 12.2. The van der Waals surface area contributed by atoms with Crippen molar-refractivity contribution in [3.63, 3.8) is 0 Å². The molecule has 0 bridgehead atoms. The van der Waals surface area contributed by atoms with Gasteiger partial charge in [0.25, 0.3) is 0 Å². The quantitative estimate of drug-likeness (QED) is 0.407. The number of ether oxygens (including phenoxy) is 2. The van der Waals surface area contributed by atoms with Crippen LogP contribution < -0.4 is 10.2 Å². The van der Waals surface area contributed by atoms with Gasteiger partial charge >= 0.3 is 5.97 Å². The van der Waals surface area contributed by atoms with Gasteiger partial charge in [-0.3, -0.25) is 9.89 Å². The van der Waals surface area contributed by atoms with Crippen molar-refractivity contribution < 1.29 is 19.4 Å². The van der Waals surface area contributed by atoms with E-state index in [0.29, 0.717) is 36.4 Å². The molecule has 0 unspecified atom stereocenters. The molecular weight excluding hydrogens is 434 g/mol. The van der Waals surface area contributed by atoms with E-state index in [0.717, 1.165) is 49.2 Å². The Hall–Kier alpha value is -2.65. The molecule has 3 N–H and O–H groups in total. The third kappa shape index (κ3) is 6.93. The van der Waals surface area contributed by atoms with Crippen molar-refractivity contribution in [1.29, 1.82) is 0 Å². The number of hydrogen-bond acceptors (Lipinski definition) is 7. The molecule has 34 heavy (non-hydrogen) atoms. The Labute approximate surface area is 202 Å². The Morgan fingerprint density at radius 2 is 1.97 bits per heavy atom. The summed E-state index contributed by atoms with van der Waals surface area (Å²) in [5, 5.41) is 19.9. The van der Waals surface area contributed by atoms with Gasteiger partial charge in [-0.2, -0.15) is 4.98 Å². The molecule has 0 amide bonds. The van der Waals surface area contributed by atoms with E-state index in [1.807, 2.05) is 13.0 Å². The monoisotopic (exact) mass is 473 g/mol. The first-order valence-corrected chi connectivity index (χ1v) is 12.1. The number of H-pyrrole nitrogens is 1. The number of aromatic amines is 1. The molecule has 0 saturated heterocycles. The van der Waals surface area contributed by atoms with Crippen molar-refractivity contribution >= 4 is 23.3 Å². The Bertz CT molecular complexity index is 924. The molecule has 3 rings (SSSR count). The van der Waals surface area contributed by atoms with Crippen LogP contribution in [0.25, 0.3) is 0 Å². The lowest BCUT2D eigenvalue weighted by Gasteiger charge is -2.40. The molecule has 1 aliphatic rings. The van der Waals surface area contributed by atoms with Crippen molar-refractivity contribution in [2.75, 3.05) is 31.0 Å². The van der Waals surface area contributed by atoms with Gasteiger partial charge in [0.15, 0.2) is 5.82 Å². The summed E-state index contributed by atoms with van der Waals surface area (Å²) in [7, 11) is 3.41. The number of nitrogens with zero attached hydrogens (tertiary/aromatic N) is 3. The van der Waals surface area contributed by atoms with Gasteiger partial charge in [0.1, 0.15) is 6.61 Å². The minimum atomic E-state index is -0.805. The maximum absolute atomic E-state index is 11.3. The summed E-state index contributed by atoms with van der Waals surface area (Å²) in [5.41, 5.74) is 2.93. The Morgan fingerprint density at radius 1 is 1.24 bits per heavy atom. The molecule has 1 heterocycles. The Balaban J connectivity index is 1.96. The number of nitrogens with one attached hydrogen (secondary N) is 2. The smallest absolute Gasteiger partial charge is 0.303 e. The van der Waals surface area contributed by atoms with E-state index in [2.05, 4.69) is 51.4 Å². The highest BCUT2D eigenvalue weighted by Gasteiger charge is 2.28. The van der Waals surface area contributed by atoms with E-state index in [9.17, 15) is 9.90 Å². The van der Waals surface area contributed by atoms with Crippen LogP contribution in [-0.4, -0.2) is 59.2 Å². The number of aromatic nitrogens is 3. The molecule has 2 aromatic rings. The summed E-state index contributed by atoms with van der Waals surface area (Å²) in [6.07, 6.45) is 4.65. The van der Waals surface area contributed by atoms with Gasteiger partial charge in [-0.25, -0.2) is 0 Å². The standard InChI is InChI=1S/C25H39N5O4/c1-16(2)14-30(19-7-9-20(34-5)10-8-19)22-11-6-18(17(3)12-24(31)32)13-21(22)26-25-27-23(15-33-4)28-29-25/h6,11,13,16-17,19-20H,7-10,12,14-15H2,1-5H3,(H,31,32)(H2,26,27,28,29)/t17-,19-,20+/m1/s1. The molecule has 1 atom stereocenters. The molecule has 9 nitrogen and oxygen atoms in total. The first kappa shape index (κ1) is 26.0. The summed E-state index contributed by atoms with van der Waals surface area (Å²) < 4.78 is 10.7. The van der Waals surface area contributed by atoms with Crippen LogP contribution in [0.3, 0.4) is 0 Å². The molecule has 1 aromatic carbocycles. The van der Waals surface area contributed by atoms with Crippen molar-refractivity contribution in [3.05, 3.63) is 29.6 Å². The average Bonchev–Trinajstić information content (AvgIpc) is 3.24. The number of aliphatic carboxylic acids is 1. The maximum Gasteiger partial charge on any atom is 0.303 e. The molecule has 1 aliphatic carbocycles. The predicted octanol–water partition coefficient (Wildman–Crippen LogP) is 4.69. The molecule has 0 aliphatic heterocycles. The minimum absolute atomic E-state index is 0.0775. The second-order valence-electron chi connectivity index (χ2n) is 9.65. The van der Waals surface area contributed by atoms with Crippen molar-refractivity contribution in [1.82, 2.24) is 15.2 Å². The van der Waals surface area contributed by atoms with Gasteiger partial charge < -0.3 is 24.8 Å². The van der Waals surface area contributed by atoms with E-state index >= 15 is 0 Å². The fourth-order valence-corrected chi connectivity index (χ4v) is 4.69. The van der Waals surface area contributed by atoms with Gasteiger partial charge in [0.2, 0.25) is 5.95 Å². The number of methoxy groups -OCH3 is 2. The van der Waals surface area contributed by atoms with Crippen molar-refractivity contribution in [2.45, 2.75) is 77.5 Å². The molecule has 9 heteroatoms. The fraction of sp³-hybridized carbons (Fsp3) is 0.640. The van der Waals surface area contributed by atoms with Gasteiger partial charge in [0.05, 0.1) is 23.9 Å². The number of carboxylic acid groups (broad SMARTS) is 1. The maximum atomic E-state index is 11.3. The van der Waals surface area contributed by atoms with Crippen LogP contribution in [0.2, 0.25) is 0 Å². The van der Waals surface area contributed by atoms with Crippen LogP contribution in [0, 0.1) is 5.92 Å². The number of benzene rings is 1. The lowest BCUT2D eigenvalue weighted by molar-refractivity contribution is -0.137. The molecule has 0 spiro atoms. The van der Waals surface area contributed by atoms with E-state index in [4.69, 9.17) is 9.47 Å². The zero-order valence-corrected chi connectivity index (χ0v) is 21.0. The van der Waals surface area contributed by atoms with E-state index in [1.165, 1.54) is 0 Å². The summed E-state index contributed by atoms with van der Waals surface area (Å²) in [6, 6.07) is 6.62. The topological polar surface area (TPSA) is 113 Å². The Morgan fingerprint density at radius 3 is 2.59 bits per heavy atom. The normalized spacial score (nSPS) is 19.2. The highest BCUT2D eigenvalue weighted by atomic mass is 16.5. The lowest BCUT2D eigenvalue weighted by Crippen LogP contribution is -2.41. The van der Waals surface area contributed by atoms with E-state index in [-0.39, 0.29) is 12.3 Å². The third-order valence-electron chi connectivity index (χ3n) is 6.42. The average molecular weight is 474 g/mol. The van der Waals surface area contributed by atoms with E-state index in [1.54, 1.807) is 14.2 Å². The molecule has 188 valence electrons. The zero-order valence-electron chi connectivity index (χ0n) is 21.0. The predicted molar refractivity (Wildman–Crippen MR) is 133 cm³/mol. The summed E-state index contributed by atoms with van der Waals surface area (Å²) >= 11 is 0. The van der Waals surface area contributed by atoms with Gasteiger partial charge in [0, 0.05) is 26.8 Å². The molecule has 1 aromatic heterocycles. The highest BCUT2D eigenvalue weighted by Crippen LogP contribution is 2.37. The lowest BCUT2D eigenvalue weighted by atomic mass is 9.90. The number of rotatable bonds is 12. The van der Waals surface area contributed by atoms with Crippen molar-refractivity contribution in [3.8, 4) is 0 Å². The van der Waals surface area contributed by atoms with Crippen LogP contribution in [0.1, 0.15) is 70.2 Å². The third-order valence-corrected chi connectivity index (χ3v) is 6.42. The number of hydrogen-bond donors (Lipinski definition) is 3. The van der Waals surface area contributed by atoms with Crippen molar-refractivity contribution in [2.24, 2.45) is 5.92 Å². The SMILES string of the molecule is COCc1nc(Nc2cc([C@H](C)CC(=O)O)ccc2N(CC(C)C)[C@H]2CC[C@@H](OC)CC2)n[nH]1. The first-order valence-electron chi connectivity index (χ1n) is 12.1. The molecule has 0 radical (unpaired) electrons. The summed E-state index contributed by atoms with van der Waals surface area (Å²) in [5.74, 6) is 0.665. The highest BCUT2D eigenvalue weighted by molar-refractivity contribution is 5.75. The number of carbonyl (C=O) groups is 1. The second-order valence-corrected chi connectivity index (χ2v) is 9.65. The van der Waals surface area contributed by atoms with Crippen LogP contribution in [0.15, 0.2) is 18.2 Å². The molecule has 1 fully saturated rings. The zero-order chi connectivity index (χ0) is 24.7. The van der Waals surface area contributed by atoms with Gasteiger partial charge in [-0.15, -0.1) is 5.10 Å². The van der Waals surface area contributed by atoms with Crippen LogP contribution >= 0.6 is 0 Å². The number of anilines is 3. The molecule has 1 saturated carbocycles. The minimum Gasteiger partial charge on any atom is -0.481 e. The van der Waals surface area contributed by atoms with Gasteiger partial charge in [-0.1, -0.05) is 26.8 Å². The first-order chi connectivity index (χ1) is 16.3. The fourth-order valence-electron chi connectivity index (χ4n) is 4.69. The summed E-state index contributed by atoms with van der Waals surface area (Å²) in [4.78, 5) is 18.3. The van der Waals surface area contributed by atoms with Crippen LogP contribution in [0.4, 0.5) is 17.3 Å².